The molecule has 0 spiro atoms. The van der Waals surface area contributed by atoms with Crippen LogP contribution in [-0.4, -0.2) is 36.6 Å². The van der Waals surface area contributed by atoms with E-state index >= 15 is 0 Å². The van der Waals surface area contributed by atoms with Crippen molar-refractivity contribution in [1.29, 1.82) is 0 Å². The zero-order chi connectivity index (χ0) is 13.8. The van der Waals surface area contributed by atoms with Crippen LogP contribution in [0.15, 0.2) is 18.2 Å². The fraction of sp³-hybridized carbons (Fsp3) is 0.500. The Morgan fingerprint density at radius 3 is 3.00 bits per heavy atom. The summed E-state index contributed by atoms with van der Waals surface area (Å²) in [5.74, 6) is -0.694. The molecule has 0 aromatic heterocycles. The van der Waals surface area contributed by atoms with E-state index in [-0.39, 0.29) is 17.6 Å². The normalized spacial score (nSPS) is 18.5. The van der Waals surface area contributed by atoms with Crippen LogP contribution in [0.5, 0.6) is 0 Å². The zero-order valence-electron chi connectivity index (χ0n) is 11.1. The van der Waals surface area contributed by atoms with Gasteiger partial charge in [0.2, 0.25) is 0 Å². The van der Waals surface area contributed by atoms with Crippen molar-refractivity contribution in [3.05, 3.63) is 29.6 Å². The van der Waals surface area contributed by atoms with Crippen molar-refractivity contribution in [1.82, 2.24) is 4.90 Å². The van der Waals surface area contributed by atoms with E-state index in [1.54, 1.807) is 4.90 Å². The van der Waals surface area contributed by atoms with Gasteiger partial charge in [0, 0.05) is 25.4 Å². The van der Waals surface area contributed by atoms with E-state index in [1.165, 1.54) is 18.2 Å². The molecule has 2 N–H and O–H groups in total. The van der Waals surface area contributed by atoms with Gasteiger partial charge in [0.15, 0.2) is 0 Å². The van der Waals surface area contributed by atoms with Crippen molar-refractivity contribution >= 4 is 11.6 Å². The van der Waals surface area contributed by atoms with Gasteiger partial charge in [-0.2, -0.15) is 0 Å². The van der Waals surface area contributed by atoms with Crippen LogP contribution >= 0.6 is 0 Å². The molecule has 4 nitrogen and oxygen atoms in total. The van der Waals surface area contributed by atoms with Crippen LogP contribution in [0, 0.1) is 5.82 Å². The summed E-state index contributed by atoms with van der Waals surface area (Å²) in [7, 11) is 0. The van der Waals surface area contributed by atoms with Gasteiger partial charge in [-0.3, -0.25) is 4.79 Å². The Hall–Kier alpha value is -1.62. The van der Waals surface area contributed by atoms with Gasteiger partial charge in [-0.15, -0.1) is 0 Å². The molecule has 1 heterocycles. The third-order valence-electron chi connectivity index (χ3n) is 3.36. The summed E-state index contributed by atoms with van der Waals surface area (Å²) in [6.07, 6.45) is 2.07. The number of nitrogens with zero attached hydrogens (tertiary/aromatic N) is 1. The lowest BCUT2D eigenvalue weighted by molar-refractivity contribution is 0.0539. The summed E-state index contributed by atoms with van der Waals surface area (Å²) >= 11 is 0. The van der Waals surface area contributed by atoms with Crippen molar-refractivity contribution in [3.63, 3.8) is 0 Å². The number of halogens is 1. The van der Waals surface area contributed by atoms with Crippen LogP contribution < -0.4 is 5.73 Å². The van der Waals surface area contributed by atoms with Gasteiger partial charge in [-0.05, 0) is 38.0 Å². The minimum Gasteiger partial charge on any atom is -0.398 e. The first-order valence-electron chi connectivity index (χ1n) is 6.57. The largest absolute Gasteiger partial charge is 0.398 e. The van der Waals surface area contributed by atoms with E-state index in [1.807, 2.05) is 6.92 Å². The molecule has 1 saturated heterocycles. The maximum atomic E-state index is 13.2. The molecule has 1 aliphatic rings. The van der Waals surface area contributed by atoms with Gasteiger partial charge < -0.3 is 15.4 Å². The predicted molar refractivity (Wildman–Crippen MR) is 71.4 cm³/mol. The minimum absolute atomic E-state index is 0.0821. The summed E-state index contributed by atoms with van der Waals surface area (Å²) in [4.78, 5) is 14.0. The highest BCUT2D eigenvalue weighted by atomic mass is 19.1. The molecule has 0 saturated carbocycles. The summed E-state index contributed by atoms with van der Waals surface area (Å²) in [6, 6.07) is 3.86. The van der Waals surface area contributed by atoms with Gasteiger partial charge in [-0.25, -0.2) is 4.39 Å². The van der Waals surface area contributed by atoms with Gasteiger partial charge in [0.1, 0.15) is 5.82 Å². The van der Waals surface area contributed by atoms with Crippen LogP contribution in [0.3, 0.4) is 0 Å². The van der Waals surface area contributed by atoms with Gasteiger partial charge >= 0.3 is 0 Å². The first-order valence-corrected chi connectivity index (χ1v) is 6.57. The lowest BCUT2D eigenvalue weighted by Gasteiger charge is -2.24. The molecule has 1 aromatic rings. The standard InChI is InChI=1S/C14H19FN2O2/c1-2-17(9-11-4-3-7-19-11)14(18)12-8-10(15)5-6-13(12)16/h5-6,8,11H,2-4,7,9,16H2,1H3. The molecule has 1 aliphatic heterocycles. The van der Waals surface area contributed by atoms with Gasteiger partial charge in [0.25, 0.3) is 5.91 Å². The quantitative estimate of drug-likeness (QED) is 0.849. The molecule has 0 radical (unpaired) electrons. The number of hydrogen-bond acceptors (Lipinski definition) is 3. The molecule has 104 valence electrons. The first kappa shape index (κ1) is 13.8. The second-order valence-corrected chi connectivity index (χ2v) is 4.71. The Morgan fingerprint density at radius 1 is 1.58 bits per heavy atom. The van der Waals surface area contributed by atoms with Crippen molar-refractivity contribution in [2.75, 3.05) is 25.4 Å². The number of ether oxygens (including phenoxy) is 1. The van der Waals surface area contributed by atoms with E-state index in [0.717, 1.165) is 19.4 Å². The first-order chi connectivity index (χ1) is 9.11. The average molecular weight is 266 g/mol. The van der Waals surface area contributed by atoms with Crippen LogP contribution in [0.4, 0.5) is 10.1 Å². The molecule has 1 unspecified atom stereocenters. The number of likely N-dealkylation sites (N-methyl/N-ethyl adjacent to an activating group) is 1. The van der Waals surface area contributed by atoms with E-state index < -0.39 is 5.82 Å². The van der Waals surface area contributed by atoms with Crippen LogP contribution in [0.1, 0.15) is 30.1 Å². The fourth-order valence-electron chi connectivity index (χ4n) is 2.27. The monoisotopic (exact) mass is 266 g/mol. The summed E-state index contributed by atoms with van der Waals surface area (Å²) in [6.45, 7) is 3.72. The summed E-state index contributed by atoms with van der Waals surface area (Å²) < 4.78 is 18.8. The van der Waals surface area contributed by atoms with Gasteiger partial charge in [-0.1, -0.05) is 0 Å². The zero-order valence-corrected chi connectivity index (χ0v) is 11.1. The number of nitrogens with two attached hydrogens (primary N) is 1. The number of amides is 1. The maximum absolute atomic E-state index is 13.2. The van der Waals surface area contributed by atoms with Crippen molar-refractivity contribution < 1.29 is 13.9 Å². The van der Waals surface area contributed by atoms with Crippen molar-refractivity contribution in [3.8, 4) is 0 Å². The summed E-state index contributed by atoms with van der Waals surface area (Å²) in [5, 5.41) is 0. The smallest absolute Gasteiger partial charge is 0.256 e. The molecule has 2 rings (SSSR count). The number of anilines is 1. The fourth-order valence-corrected chi connectivity index (χ4v) is 2.27. The Labute approximate surface area is 112 Å². The van der Waals surface area contributed by atoms with Crippen molar-refractivity contribution in [2.45, 2.75) is 25.9 Å². The average Bonchev–Trinajstić information content (AvgIpc) is 2.91. The number of nitrogen functional groups attached to an aromatic ring is 1. The molecule has 5 heteroatoms. The van der Waals surface area contributed by atoms with E-state index in [2.05, 4.69) is 0 Å². The Morgan fingerprint density at radius 2 is 2.37 bits per heavy atom. The highest BCUT2D eigenvalue weighted by Gasteiger charge is 2.23. The third kappa shape index (κ3) is 3.23. The highest BCUT2D eigenvalue weighted by Crippen LogP contribution is 2.18. The van der Waals surface area contributed by atoms with Crippen LogP contribution in [-0.2, 0) is 4.74 Å². The molecule has 0 aliphatic carbocycles. The van der Waals surface area contributed by atoms with E-state index in [9.17, 15) is 9.18 Å². The molecular formula is C14H19FN2O2. The topological polar surface area (TPSA) is 55.6 Å². The minimum atomic E-state index is -0.453. The molecular weight excluding hydrogens is 247 g/mol. The second-order valence-electron chi connectivity index (χ2n) is 4.71. The Balaban J connectivity index is 2.12. The lowest BCUT2D eigenvalue weighted by atomic mass is 10.1. The van der Waals surface area contributed by atoms with Crippen molar-refractivity contribution in [2.24, 2.45) is 0 Å². The Bertz CT molecular complexity index is 459. The maximum Gasteiger partial charge on any atom is 0.256 e. The van der Waals surface area contributed by atoms with E-state index in [0.29, 0.717) is 18.8 Å². The second kappa shape index (κ2) is 6.02. The molecule has 1 fully saturated rings. The third-order valence-corrected chi connectivity index (χ3v) is 3.36. The van der Waals surface area contributed by atoms with Crippen LogP contribution in [0.2, 0.25) is 0 Å². The molecule has 0 bridgehead atoms. The number of benzene rings is 1. The number of carbonyl (C=O) groups excluding carboxylic acids is 1. The summed E-state index contributed by atoms with van der Waals surface area (Å²) in [5.41, 5.74) is 6.27. The molecule has 1 aromatic carbocycles. The number of rotatable bonds is 4. The molecule has 1 atom stereocenters. The molecule has 19 heavy (non-hydrogen) atoms. The molecule has 1 amide bonds. The van der Waals surface area contributed by atoms with E-state index in [4.69, 9.17) is 10.5 Å². The Kier molecular flexibility index (Phi) is 4.37. The predicted octanol–water partition coefficient (Wildman–Crippen LogP) is 2.05. The SMILES string of the molecule is CCN(CC1CCCO1)C(=O)c1cc(F)ccc1N. The lowest BCUT2D eigenvalue weighted by Crippen LogP contribution is -2.37. The van der Waals surface area contributed by atoms with Gasteiger partial charge in [0.05, 0.1) is 11.7 Å². The van der Waals surface area contributed by atoms with Crippen LogP contribution in [0.25, 0.3) is 0 Å². The highest BCUT2D eigenvalue weighted by molar-refractivity contribution is 5.99. The number of carbonyl (C=O) groups is 1. The number of hydrogen-bond donors (Lipinski definition) is 1.